The minimum atomic E-state index is 0.137. The Hall–Kier alpha value is -1.10. The fraction of sp³-hybridized carbons (Fsp3) is 0.571. The number of benzene rings is 1. The lowest BCUT2D eigenvalue weighted by molar-refractivity contribution is 0.0954. The van der Waals surface area contributed by atoms with Crippen molar-refractivity contribution in [1.82, 2.24) is 5.43 Å². The first kappa shape index (κ1) is 13.3. The average Bonchev–Trinajstić information content (AvgIpc) is 2.79. The van der Waals surface area contributed by atoms with Crippen molar-refractivity contribution >= 4 is 0 Å². The van der Waals surface area contributed by atoms with Gasteiger partial charge in [-0.1, -0.05) is 12.1 Å². The van der Waals surface area contributed by atoms with Crippen molar-refractivity contribution in [2.45, 2.75) is 32.4 Å². The molecule has 1 aliphatic heterocycles. The van der Waals surface area contributed by atoms with E-state index < -0.39 is 0 Å². The van der Waals surface area contributed by atoms with Crippen molar-refractivity contribution in [3.8, 4) is 5.75 Å². The van der Waals surface area contributed by atoms with Crippen molar-refractivity contribution in [3.05, 3.63) is 29.8 Å². The van der Waals surface area contributed by atoms with Crippen LogP contribution < -0.4 is 16.0 Å². The zero-order valence-electron chi connectivity index (χ0n) is 11.1. The number of nitrogens with one attached hydrogen (secondary N) is 1. The summed E-state index contributed by atoms with van der Waals surface area (Å²) in [6, 6.07) is 8.26. The highest BCUT2D eigenvalue weighted by Crippen LogP contribution is 2.33. The largest absolute Gasteiger partial charge is 0.494 e. The Morgan fingerprint density at radius 1 is 1.44 bits per heavy atom. The molecule has 4 heteroatoms. The van der Waals surface area contributed by atoms with Crippen LogP contribution in [0.2, 0.25) is 0 Å². The van der Waals surface area contributed by atoms with Crippen molar-refractivity contribution in [3.63, 3.8) is 0 Å². The SMILES string of the molecule is CCOc1ccc(C(NN)C2CCOC2C)cc1. The molecule has 100 valence electrons. The summed E-state index contributed by atoms with van der Waals surface area (Å²) in [7, 11) is 0. The number of nitrogens with two attached hydrogens (primary N) is 1. The van der Waals surface area contributed by atoms with E-state index in [1.165, 1.54) is 5.56 Å². The second-order valence-electron chi connectivity index (χ2n) is 4.67. The molecule has 3 unspecified atom stereocenters. The summed E-state index contributed by atoms with van der Waals surface area (Å²) in [5, 5.41) is 0. The van der Waals surface area contributed by atoms with E-state index in [2.05, 4.69) is 24.5 Å². The molecule has 1 saturated heterocycles. The molecule has 4 nitrogen and oxygen atoms in total. The molecule has 3 atom stereocenters. The van der Waals surface area contributed by atoms with Crippen LogP contribution in [-0.2, 0) is 4.74 Å². The predicted molar refractivity (Wildman–Crippen MR) is 71.2 cm³/mol. The fourth-order valence-corrected chi connectivity index (χ4v) is 2.59. The first-order valence-corrected chi connectivity index (χ1v) is 6.56. The van der Waals surface area contributed by atoms with Gasteiger partial charge in [-0.25, -0.2) is 0 Å². The van der Waals surface area contributed by atoms with Crippen LogP contribution in [0.15, 0.2) is 24.3 Å². The van der Waals surface area contributed by atoms with E-state index in [0.717, 1.165) is 18.8 Å². The fourth-order valence-electron chi connectivity index (χ4n) is 2.59. The normalized spacial score (nSPS) is 25.1. The van der Waals surface area contributed by atoms with Gasteiger partial charge in [0.25, 0.3) is 0 Å². The maximum Gasteiger partial charge on any atom is 0.119 e. The lowest BCUT2D eigenvalue weighted by Gasteiger charge is -2.25. The standard InChI is InChI=1S/C14H22N2O2/c1-3-17-12-6-4-11(5-7-12)14(16-15)13-8-9-18-10(13)2/h4-7,10,13-14,16H,3,8-9,15H2,1-2H3. The summed E-state index contributed by atoms with van der Waals surface area (Å²) in [6.07, 6.45) is 1.29. The molecule has 0 spiro atoms. The van der Waals surface area contributed by atoms with Gasteiger partial charge in [0.15, 0.2) is 0 Å². The molecule has 3 N–H and O–H groups in total. The molecule has 0 radical (unpaired) electrons. The number of hydrogen-bond donors (Lipinski definition) is 2. The minimum Gasteiger partial charge on any atom is -0.494 e. The third-order valence-electron chi connectivity index (χ3n) is 3.59. The third-order valence-corrected chi connectivity index (χ3v) is 3.59. The van der Waals surface area contributed by atoms with Gasteiger partial charge in [-0.2, -0.15) is 0 Å². The van der Waals surface area contributed by atoms with E-state index in [0.29, 0.717) is 12.5 Å². The maximum absolute atomic E-state index is 5.71. The number of ether oxygens (including phenoxy) is 2. The van der Waals surface area contributed by atoms with E-state index >= 15 is 0 Å². The van der Waals surface area contributed by atoms with Gasteiger partial charge in [-0.15, -0.1) is 0 Å². The highest BCUT2D eigenvalue weighted by molar-refractivity contribution is 5.29. The van der Waals surface area contributed by atoms with Crippen LogP contribution in [0.5, 0.6) is 5.75 Å². The lowest BCUT2D eigenvalue weighted by Crippen LogP contribution is -2.36. The molecular weight excluding hydrogens is 228 g/mol. The molecule has 1 fully saturated rings. The third kappa shape index (κ3) is 2.83. The van der Waals surface area contributed by atoms with Gasteiger partial charge in [0, 0.05) is 12.5 Å². The molecule has 1 aliphatic rings. The van der Waals surface area contributed by atoms with Gasteiger partial charge in [0.05, 0.1) is 18.8 Å². The second-order valence-corrected chi connectivity index (χ2v) is 4.67. The molecule has 0 saturated carbocycles. The maximum atomic E-state index is 5.71. The second kappa shape index (κ2) is 6.18. The van der Waals surface area contributed by atoms with Crippen LogP contribution in [0.25, 0.3) is 0 Å². The highest BCUT2D eigenvalue weighted by atomic mass is 16.5. The van der Waals surface area contributed by atoms with E-state index in [4.69, 9.17) is 15.3 Å². The Morgan fingerprint density at radius 2 is 2.17 bits per heavy atom. The molecule has 0 amide bonds. The summed E-state index contributed by atoms with van der Waals surface area (Å²) in [4.78, 5) is 0. The Kier molecular flexibility index (Phi) is 4.58. The first-order valence-electron chi connectivity index (χ1n) is 6.56. The molecule has 0 bridgehead atoms. The molecule has 1 aromatic rings. The lowest BCUT2D eigenvalue weighted by atomic mass is 9.89. The Morgan fingerprint density at radius 3 is 2.67 bits per heavy atom. The summed E-state index contributed by atoms with van der Waals surface area (Å²) in [6.45, 7) is 5.60. The minimum absolute atomic E-state index is 0.137. The van der Waals surface area contributed by atoms with Crippen LogP contribution in [0.4, 0.5) is 0 Å². The van der Waals surface area contributed by atoms with E-state index in [-0.39, 0.29) is 12.1 Å². The number of hydrogen-bond acceptors (Lipinski definition) is 4. The van der Waals surface area contributed by atoms with Crippen molar-refractivity contribution in [2.24, 2.45) is 11.8 Å². The van der Waals surface area contributed by atoms with E-state index in [9.17, 15) is 0 Å². The van der Waals surface area contributed by atoms with Crippen molar-refractivity contribution in [1.29, 1.82) is 0 Å². The molecule has 18 heavy (non-hydrogen) atoms. The van der Waals surface area contributed by atoms with E-state index in [1.54, 1.807) is 0 Å². The van der Waals surface area contributed by atoms with Crippen LogP contribution >= 0.6 is 0 Å². The van der Waals surface area contributed by atoms with Gasteiger partial charge in [-0.3, -0.25) is 11.3 Å². The highest BCUT2D eigenvalue weighted by Gasteiger charge is 2.32. The smallest absolute Gasteiger partial charge is 0.119 e. The van der Waals surface area contributed by atoms with Gasteiger partial charge >= 0.3 is 0 Å². The summed E-state index contributed by atoms with van der Waals surface area (Å²) in [5.41, 5.74) is 4.10. The number of rotatable bonds is 5. The summed E-state index contributed by atoms with van der Waals surface area (Å²) < 4.78 is 11.1. The average molecular weight is 250 g/mol. The van der Waals surface area contributed by atoms with Gasteiger partial charge in [-0.05, 0) is 38.0 Å². The molecule has 2 rings (SSSR count). The van der Waals surface area contributed by atoms with Crippen LogP contribution in [0, 0.1) is 5.92 Å². The zero-order valence-corrected chi connectivity index (χ0v) is 11.1. The number of hydrazine groups is 1. The zero-order chi connectivity index (χ0) is 13.0. The first-order chi connectivity index (χ1) is 8.76. The topological polar surface area (TPSA) is 56.5 Å². The summed E-state index contributed by atoms with van der Waals surface area (Å²) >= 11 is 0. The monoisotopic (exact) mass is 250 g/mol. The molecule has 1 aromatic carbocycles. The molecule has 0 aromatic heterocycles. The van der Waals surface area contributed by atoms with Gasteiger partial charge in [0.2, 0.25) is 0 Å². The van der Waals surface area contributed by atoms with Crippen LogP contribution in [0.3, 0.4) is 0 Å². The Bertz CT molecular complexity index is 367. The molecular formula is C14H22N2O2. The van der Waals surface area contributed by atoms with Gasteiger partial charge < -0.3 is 9.47 Å². The van der Waals surface area contributed by atoms with Gasteiger partial charge in [0.1, 0.15) is 5.75 Å². The summed E-state index contributed by atoms with van der Waals surface area (Å²) in [5.74, 6) is 7.03. The van der Waals surface area contributed by atoms with Crippen LogP contribution in [0.1, 0.15) is 31.9 Å². The Balaban J connectivity index is 2.11. The Labute approximate surface area is 108 Å². The van der Waals surface area contributed by atoms with E-state index in [1.807, 2.05) is 19.1 Å². The predicted octanol–water partition coefficient (Wildman–Crippen LogP) is 2.01. The van der Waals surface area contributed by atoms with Crippen LogP contribution in [-0.4, -0.2) is 19.3 Å². The molecule has 1 heterocycles. The quantitative estimate of drug-likeness (QED) is 0.620. The van der Waals surface area contributed by atoms with Crippen molar-refractivity contribution < 1.29 is 9.47 Å². The van der Waals surface area contributed by atoms with Crippen molar-refractivity contribution in [2.75, 3.05) is 13.2 Å². The molecule has 0 aliphatic carbocycles.